The molecule has 1 aliphatic rings. The minimum absolute atomic E-state index is 0.0276. The van der Waals surface area contributed by atoms with E-state index in [9.17, 15) is 18.0 Å². The minimum Gasteiger partial charge on any atom is -0.452 e. The molecule has 1 heterocycles. The summed E-state index contributed by atoms with van der Waals surface area (Å²) in [5.74, 6) is -0.879. The maximum Gasteiger partial charge on any atom is 0.338 e. The summed E-state index contributed by atoms with van der Waals surface area (Å²) in [6, 6.07) is 4.97. The summed E-state index contributed by atoms with van der Waals surface area (Å²) in [6.07, 6.45) is 0.426. The Morgan fingerprint density at radius 1 is 1.30 bits per heavy atom. The number of likely N-dealkylation sites (N-methyl/N-ethyl adjacent to an activating group) is 1. The summed E-state index contributed by atoms with van der Waals surface area (Å²) in [6.45, 7) is 3.33. The topological polar surface area (TPSA) is 80.8 Å². The lowest BCUT2D eigenvalue weighted by Crippen LogP contribution is -2.40. The number of amides is 1. The zero-order valence-electron chi connectivity index (χ0n) is 13.5. The summed E-state index contributed by atoms with van der Waals surface area (Å²) in [5.41, 5.74) is 2.23. The SMILES string of the molecule is Cc1cccc(C(=O)OCC(=O)N(C)[C@H]2CCS(=O)(=O)C2)c1C. The van der Waals surface area contributed by atoms with Crippen molar-refractivity contribution in [2.75, 3.05) is 25.2 Å². The molecule has 0 unspecified atom stereocenters. The van der Waals surface area contributed by atoms with Gasteiger partial charge in [0.25, 0.3) is 5.91 Å². The second-order valence-electron chi connectivity index (χ2n) is 5.89. The van der Waals surface area contributed by atoms with Gasteiger partial charge in [-0.1, -0.05) is 12.1 Å². The molecule has 0 aliphatic carbocycles. The third-order valence-corrected chi connectivity index (χ3v) is 6.05. The summed E-state index contributed by atoms with van der Waals surface area (Å²) >= 11 is 0. The molecule has 0 aromatic heterocycles. The first-order valence-electron chi connectivity index (χ1n) is 7.40. The van der Waals surface area contributed by atoms with Crippen LogP contribution in [0.2, 0.25) is 0 Å². The predicted molar refractivity (Wildman–Crippen MR) is 86.0 cm³/mol. The number of aryl methyl sites for hydroxylation is 1. The Hall–Kier alpha value is -1.89. The van der Waals surface area contributed by atoms with E-state index < -0.39 is 21.7 Å². The van der Waals surface area contributed by atoms with Crippen LogP contribution in [0.1, 0.15) is 27.9 Å². The number of ether oxygens (including phenoxy) is 1. The molecule has 0 spiro atoms. The standard InChI is InChI=1S/C16H21NO5S/c1-11-5-4-6-14(12(11)2)16(19)22-9-15(18)17(3)13-7-8-23(20,21)10-13/h4-6,13H,7-10H2,1-3H3/t13-/m0/s1. The molecule has 2 rings (SSSR count). The van der Waals surface area contributed by atoms with Gasteiger partial charge in [0.05, 0.1) is 17.1 Å². The molecule has 1 fully saturated rings. The number of nitrogens with zero attached hydrogens (tertiary/aromatic N) is 1. The first kappa shape index (κ1) is 17.5. The summed E-state index contributed by atoms with van der Waals surface area (Å²) in [4.78, 5) is 25.5. The maximum absolute atomic E-state index is 12.1. The molecular formula is C16H21NO5S. The van der Waals surface area contributed by atoms with Gasteiger partial charge in [0.15, 0.2) is 16.4 Å². The van der Waals surface area contributed by atoms with Crippen LogP contribution in [0.5, 0.6) is 0 Å². The van der Waals surface area contributed by atoms with Crippen LogP contribution in [0.25, 0.3) is 0 Å². The molecule has 0 bridgehead atoms. The normalized spacial score (nSPS) is 19.3. The molecule has 0 N–H and O–H groups in total. The fourth-order valence-electron chi connectivity index (χ4n) is 2.56. The second-order valence-corrected chi connectivity index (χ2v) is 8.11. The van der Waals surface area contributed by atoms with E-state index in [0.717, 1.165) is 11.1 Å². The van der Waals surface area contributed by atoms with E-state index in [0.29, 0.717) is 12.0 Å². The molecule has 0 radical (unpaired) electrons. The van der Waals surface area contributed by atoms with Crippen LogP contribution in [-0.2, 0) is 19.4 Å². The van der Waals surface area contributed by atoms with Gasteiger partial charge in [-0.05, 0) is 37.5 Å². The third-order valence-electron chi connectivity index (χ3n) is 4.30. The Balaban J connectivity index is 1.94. The first-order valence-corrected chi connectivity index (χ1v) is 9.23. The minimum atomic E-state index is -3.06. The van der Waals surface area contributed by atoms with Gasteiger partial charge >= 0.3 is 5.97 Å². The fraction of sp³-hybridized carbons (Fsp3) is 0.500. The molecule has 1 aromatic carbocycles. The van der Waals surface area contributed by atoms with Crippen LogP contribution in [0.4, 0.5) is 0 Å². The lowest BCUT2D eigenvalue weighted by molar-refractivity contribution is -0.134. The van der Waals surface area contributed by atoms with E-state index in [4.69, 9.17) is 4.74 Å². The Labute approximate surface area is 136 Å². The second kappa shape index (κ2) is 6.70. The Morgan fingerprint density at radius 3 is 2.61 bits per heavy atom. The van der Waals surface area contributed by atoms with E-state index in [1.807, 2.05) is 19.9 Å². The van der Waals surface area contributed by atoms with E-state index in [1.165, 1.54) is 4.90 Å². The highest BCUT2D eigenvalue weighted by Gasteiger charge is 2.33. The molecule has 1 aromatic rings. The smallest absolute Gasteiger partial charge is 0.338 e. The van der Waals surface area contributed by atoms with Crippen molar-refractivity contribution in [1.82, 2.24) is 4.90 Å². The Morgan fingerprint density at radius 2 is 2.00 bits per heavy atom. The molecule has 6 nitrogen and oxygen atoms in total. The van der Waals surface area contributed by atoms with Crippen molar-refractivity contribution >= 4 is 21.7 Å². The molecule has 1 saturated heterocycles. The van der Waals surface area contributed by atoms with Crippen molar-refractivity contribution in [2.45, 2.75) is 26.3 Å². The number of benzene rings is 1. The average Bonchev–Trinajstić information content (AvgIpc) is 2.86. The largest absolute Gasteiger partial charge is 0.452 e. The van der Waals surface area contributed by atoms with Crippen LogP contribution in [0.15, 0.2) is 18.2 Å². The number of carbonyl (C=O) groups excluding carboxylic acids is 2. The monoisotopic (exact) mass is 339 g/mol. The Kier molecular flexibility index (Phi) is 5.09. The number of rotatable bonds is 4. The maximum atomic E-state index is 12.1. The van der Waals surface area contributed by atoms with Gasteiger partial charge in [-0.25, -0.2) is 13.2 Å². The van der Waals surface area contributed by atoms with Crippen LogP contribution in [-0.4, -0.2) is 56.4 Å². The number of hydrogen-bond donors (Lipinski definition) is 0. The van der Waals surface area contributed by atoms with Gasteiger partial charge in [-0.15, -0.1) is 0 Å². The van der Waals surface area contributed by atoms with Crippen molar-refractivity contribution in [3.8, 4) is 0 Å². The van der Waals surface area contributed by atoms with Crippen molar-refractivity contribution in [1.29, 1.82) is 0 Å². The van der Waals surface area contributed by atoms with Crippen molar-refractivity contribution in [3.63, 3.8) is 0 Å². The van der Waals surface area contributed by atoms with Crippen LogP contribution in [0, 0.1) is 13.8 Å². The summed E-state index contributed by atoms with van der Waals surface area (Å²) in [5, 5.41) is 0. The highest BCUT2D eigenvalue weighted by atomic mass is 32.2. The van der Waals surface area contributed by atoms with Gasteiger partial charge in [0.2, 0.25) is 0 Å². The van der Waals surface area contributed by atoms with Crippen molar-refractivity contribution in [2.24, 2.45) is 0 Å². The lowest BCUT2D eigenvalue weighted by Gasteiger charge is -2.23. The van der Waals surface area contributed by atoms with Crippen LogP contribution < -0.4 is 0 Å². The van der Waals surface area contributed by atoms with E-state index >= 15 is 0 Å². The zero-order valence-corrected chi connectivity index (χ0v) is 14.4. The van der Waals surface area contributed by atoms with Gasteiger partial charge < -0.3 is 9.64 Å². The molecule has 126 valence electrons. The quantitative estimate of drug-likeness (QED) is 0.768. The molecule has 1 aliphatic heterocycles. The average molecular weight is 339 g/mol. The number of esters is 1. The fourth-order valence-corrected chi connectivity index (χ4v) is 4.34. The molecule has 1 amide bonds. The summed E-state index contributed by atoms with van der Waals surface area (Å²) < 4.78 is 28.0. The van der Waals surface area contributed by atoms with E-state index in [2.05, 4.69) is 0 Å². The summed E-state index contributed by atoms with van der Waals surface area (Å²) in [7, 11) is -1.52. The molecular weight excluding hydrogens is 318 g/mol. The van der Waals surface area contributed by atoms with Gasteiger partial charge in [0, 0.05) is 13.1 Å². The molecule has 7 heteroatoms. The predicted octanol–water partition coefficient (Wildman–Crippen LogP) is 1.11. The number of sulfone groups is 1. The van der Waals surface area contributed by atoms with E-state index in [1.54, 1.807) is 19.2 Å². The Bertz CT molecular complexity index is 726. The molecule has 23 heavy (non-hydrogen) atoms. The van der Waals surface area contributed by atoms with E-state index in [-0.39, 0.29) is 24.2 Å². The highest BCUT2D eigenvalue weighted by Crippen LogP contribution is 2.17. The third kappa shape index (κ3) is 4.10. The molecule has 0 saturated carbocycles. The zero-order chi connectivity index (χ0) is 17.2. The first-order chi connectivity index (χ1) is 10.7. The lowest BCUT2D eigenvalue weighted by atomic mass is 10.0. The van der Waals surface area contributed by atoms with Crippen molar-refractivity contribution in [3.05, 3.63) is 34.9 Å². The van der Waals surface area contributed by atoms with Gasteiger partial charge in [0.1, 0.15) is 0 Å². The number of hydrogen-bond acceptors (Lipinski definition) is 5. The number of carbonyl (C=O) groups is 2. The van der Waals surface area contributed by atoms with Crippen LogP contribution >= 0.6 is 0 Å². The van der Waals surface area contributed by atoms with Crippen molar-refractivity contribution < 1.29 is 22.7 Å². The van der Waals surface area contributed by atoms with Gasteiger partial charge in [-0.2, -0.15) is 0 Å². The van der Waals surface area contributed by atoms with Gasteiger partial charge in [-0.3, -0.25) is 4.79 Å². The van der Waals surface area contributed by atoms with Crippen LogP contribution in [0.3, 0.4) is 0 Å². The molecule has 1 atom stereocenters. The highest BCUT2D eigenvalue weighted by molar-refractivity contribution is 7.91.